The minimum Gasteiger partial charge on any atom is -0.493 e. The van der Waals surface area contributed by atoms with Crippen LogP contribution in [0, 0.1) is 5.41 Å². The van der Waals surface area contributed by atoms with E-state index in [9.17, 15) is 48.6 Å². The van der Waals surface area contributed by atoms with E-state index < -0.39 is 83.8 Å². The maximum atomic E-state index is 14.3. The first-order chi connectivity index (χ1) is 40.8. The normalized spacial score (nSPS) is 19.5. The zero-order valence-electron chi connectivity index (χ0n) is 47.6. The van der Waals surface area contributed by atoms with Crippen LogP contribution in [0.15, 0.2) is 98.1 Å². The summed E-state index contributed by atoms with van der Waals surface area (Å²) >= 11 is 0. The Kier molecular flexibility index (Phi) is 20.1. The molecule has 3 fully saturated rings. The number of amides is 8. The summed E-state index contributed by atoms with van der Waals surface area (Å²) < 4.78 is 40.0. The van der Waals surface area contributed by atoms with Crippen molar-refractivity contribution in [1.82, 2.24) is 20.4 Å². The molecule has 5 aliphatic rings. The molecular formula is C60H72N8O17. The first-order valence-electron chi connectivity index (χ1n) is 27.9. The number of rotatable bonds is 25. The number of unbranched alkanes of at least 4 members (excludes halogenated alkanes) is 2. The molecule has 5 atom stereocenters. The average molecular weight is 1180 g/mol. The van der Waals surface area contributed by atoms with E-state index in [2.05, 4.69) is 42.3 Å². The van der Waals surface area contributed by atoms with E-state index in [0.29, 0.717) is 42.5 Å². The third-order valence-electron chi connectivity index (χ3n) is 15.4. The number of nitrogens with two attached hydrogens (primary N) is 1. The third kappa shape index (κ3) is 13.6. The molecule has 0 radical (unpaired) electrons. The van der Waals surface area contributed by atoms with Crippen molar-refractivity contribution in [1.29, 1.82) is 0 Å². The van der Waals surface area contributed by atoms with E-state index in [1.165, 1.54) is 60.4 Å². The SMILES string of the molecule is C=CCOC(=O)N1c2cc(OCCCCCOc3cc4c(cc3OC)C(=O)N3CC(=C)C[C@H]3[C@H](O)N4C(=O)OCc3ccc(NC(=O)[C@H](CCCNC(N)=O)NC(=O)C4(C(=O)OCC=C)CCC4)cc3)c(OC)cc2C(=O)N2CC(=C)C[C@H]2[C@@H]1O. The number of ether oxygens (including phenoxy) is 7. The number of anilines is 3. The van der Waals surface area contributed by atoms with Gasteiger partial charge in [0, 0.05) is 37.5 Å². The molecule has 1 saturated carbocycles. The number of aliphatic hydroxyl groups excluding tert-OH is 2. The molecule has 4 aliphatic heterocycles. The highest BCUT2D eigenvalue weighted by molar-refractivity contribution is 6.08. The number of carbonyl (C=O) groups is 8. The second-order valence-corrected chi connectivity index (χ2v) is 21.2. The molecule has 0 unspecified atom stereocenters. The van der Waals surface area contributed by atoms with Gasteiger partial charge in [0.25, 0.3) is 11.8 Å². The zero-order chi connectivity index (χ0) is 61.1. The lowest BCUT2D eigenvalue weighted by Gasteiger charge is -2.38. The van der Waals surface area contributed by atoms with Crippen LogP contribution in [-0.4, -0.2) is 159 Å². The van der Waals surface area contributed by atoms with Crippen molar-refractivity contribution in [3.8, 4) is 23.0 Å². The number of hydrogen-bond acceptors (Lipinski definition) is 17. The van der Waals surface area contributed by atoms with Crippen LogP contribution in [0.3, 0.4) is 0 Å². The lowest BCUT2D eigenvalue weighted by atomic mass is 9.68. The molecule has 85 heavy (non-hydrogen) atoms. The summed E-state index contributed by atoms with van der Waals surface area (Å²) in [6.45, 7) is 15.4. The number of esters is 1. The molecule has 8 rings (SSSR count). The number of hydrogen-bond donors (Lipinski definition) is 6. The fourth-order valence-electron chi connectivity index (χ4n) is 10.9. The van der Waals surface area contributed by atoms with Crippen molar-refractivity contribution >= 4 is 64.9 Å². The zero-order valence-corrected chi connectivity index (χ0v) is 47.6. The van der Waals surface area contributed by atoms with Gasteiger partial charge in [-0.15, -0.1) is 0 Å². The first-order valence-corrected chi connectivity index (χ1v) is 27.9. The Morgan fingerprint density at radius 3 is 1.72 bits per heavy atom. The first kappa shape index (κ1) is 62.0. The molecule has 2 saturated heterocycles. The second-order valence-electron chi connectivity index (χ2n) is 21.2. The van der Waals surface area contributed by atoms with E-state index in [1.807, 2.05) is 0 Å². The Hall–Kier alpha value is -9.10. The number of urea groups is 1. The van der Waals surface area contributed by atoms with Crippen LogP contribution in [0.25, 0.3) is 0 Å². The molecular weight excluding hydrogens is 1100 g/mol. The van der Waals surface area contributed by atoms with Gasteiger partial charge in [-0.1, -0.05) is 68.2 Å². The van der Waals surface area contributed by atoms with E-state index in [-0.39, 0.29) is 137 Å². The minimum atomic E-state index is -1.58. The standard InChI is InChI=1S/C60H72N8O17/c1-7-22-83-56(75)60(19-13-20-60)55(74)64-41(14-12-21-62-57(61)76)50(69)63-38-17-15-37(16-18-38)34-85-59(78)68-43-31-49(47(80-6)29-40(43)52(71)66-33-36(4)27-45(66)54(68)73)82-25-11-9-10-24-81-48-30-42-39(28-46(48)79-5)51(70)65-32-35(3)26-44(65)53(72)67(42)58(77)84-23-8-2/h7-8,15-18,28-31,41,44-45,53-54,72-73H,1-4,9-14,19-27,32-34H2,5-6H3,(H,63,69)(H,64,74)(H3,61,62,76)/t41-,44-,45-,53-,54-/m0/s1. The average Bonchev–Trinajstić information content (AvgIpc) is 2.21. The van der Waals surface area contributed by atoms with Gasteiger partial charge >= 0.3 is 24.2 Å². The molecule has 0 aromatic heterocycles. The van der Waals surface area contributed by atoms with Crippen LogP contribution >= 0.6 is 0 Å². The molecule has 3 aromatic rings. The number of nitrogens with zero attached hydrogens (tertiary/aromatic N) is 4. The van der Waals surface area contributed by atoms with Gasteiger partial charge in [0.15, 0.2) is 35.5 Å². The summed E-state index contributed by atoms with van der Waals surface area (Å²) in [5.41, 5.74) is 6.20. The number of aliphatic hydroxyl groups is 2. The van der Waals surface area contributed by atoms with E-state index in [4.69, 9.17) is 38.9 Å². The number of nitrogens with one attached hydrogen (secondary N) is 3. The third-order valence-corrected chi connectivity index (χ3v) is 15.4. The lowest BCUT2D eigenvalue weighted by Crippen LogP contribution is -2.56. The van der Waals surface area contributed by atoms with Crippen LogP contribution in [0.2, 0.25) is 0 Å². The largest absolute Gasteiger partial charge is 0.493 e. The minimum absolute atomic E-state index is 0.0102. The number of carbonyl (C=O) groups excluding carboxylic acids is 8. The van der Waals surface area contributed by atoms with Crippen molar-refractivity contribution < 1.29 is 81.7 Å². The van der Waals surface area contributed by atoms with Crippen LogP contribution in [0.5, 0.6) is 23.0 Å². The molecule has 4 heterocycles. The van der Waals surface area contributed by atoms with Crippen LogP contribution < -0.4 is 50.4 Å². The molecule has 8 amide bonds. The highest BCUT2D eigenvalue weighted by Gasteiger charge is 2.53. The lowest BCUT2D eigenvalue weighted by molar-refractivity contribution is -0.167. The van der Waals surface area contributed by atoms with E-state index >= 15 is 0 Å². The van der Waals surface area contributed by atoms with Crippen LogP contribution in [0.4, 0.5) is 31.4 Å². The van der Waals surface area contributed by atoms with Gasteiger partial charge in [-0.3, -0.25) is 24.0 Å². The highest BCUT2D eigenvalue weighted by Crippen LogP contribution is 2.45. The molecule has 0 spiro atoms. The Morgan fingerprint density at radius 2 is 1.24 bits per heavy atom. The van der Waals surface area contributed by atoms with E-state index in [1.54, 1.807) is 24.3 Å². The van der Waals surface area contributed by atoms with Gasteiger partial charge < -0.3 is 74.9 Å². The summed E-state index contributed by atoms with van der Waals surface area (Å²) in [5.74, 6) is -2.06. The summed E-state index contributed by atoms with van der Waals surface area (Å²) in [6, 6.07) is 8.63. The number of primary amides is 1. The van der Waals surface area contributed by atoms with Gasteiger partial charge in [-0.05, 0) is 87.6 Å². The van der Waals surface area contributed by atoms with Gasteiger partial charge in [0.05, 0.1) is 62.0 Å². The van der Waals surface area contributed by atoms with Crippen LogP contribution in [0.1, 0.15) is 90.5 Å². The molecule has 1 aliphatic carbocycles. The fourth-order valence-corrected chi connectivity index (χ4v) is 10.9. The summed E-state index contributed by atoms with van der Waals surface area (Å²) in [4.78, 5) is 112. The molecule has 454 valence electrons. The Labute approximate surface area is 491 Å². The van der Waals surface area contributed by atoms with Gasteiger partial charge in [0.2, 0.25) is 11.8 Å². The van der Waals surface area contributed by atoms with Crippen molar-refractivity contribution in [2.24, 2.45) is 11.1 Å². The Morgan fingerprint density at radius 1 is 0.718 bits per heavy atom. The number of benzene rings is 3. The highest BCUT2D eigenvalue weighted by atomic mass is 16.6. The van der Waals surface area contributed by atoms with Crippen molar-refractivity contribution in [2.75, 3.05) is 75.4 Å². The number of fused-ring (bicyclic) bond motifs is 4. The van der Waals surface area contributed by atoms with E-state index in [0.717, 1.165) is 15.4 Å². The smallest absolute Gasteiger partial charge is 0.416 e. The maximum Gasteiger partial charge on any atom is 0.416 e. The van der Waals surface area contributed by atoms with Crippen molar-refractivity contribution in [3.63, 3.8) is 0 Å². The predicted octanol–water partition coefficient (Wildman–Crippen LogP) is 5.58. The summed E-state index contributed by atoms with van der Waals surface area (Å²) in [7, 11) is 2.83. The fraction of sp³-hybridized carbons (Fsp3) is 0.433. The molecule has 25 heteroatoms. The monoisotopic (exact) mass is 1180 g/mol. The molecule has 3 aromatic carbocycles. The molecule has 0 bridgehead atoms. The molecule has 7 N–H and O–H groups in total. The van der Waals surface area contributed by atoms with Gasteiger partial charge in [0.1, 0.15) is 31.3 Å². The Balaban J connectivity index is 0.910. The van der Waals surface area contributed by atoms with Crippen molar-refractivity contribution in [3.05, 3.63) is 115 Å². The second kappa shape index (κ2) is 27.5. The summed E-state index contributed by atoms with van der Waals surface area (Å²) in [5, 5.41) is 31.4. The van der Waals surface area contributed by atoms with Gasteiger partial charge in [-0.2, -0.15) is 0 Å². The maximum absolute atomic E-state index is 14.3. The summed E-state index contributed by atoms with van der Waals surface area (Å²) in [6.07, 6.45) is 1.38. The molecule has 25 nitrogen and oxygen atoms in total. The van der Waals surface area contributed by atoms with Crippen molar-refractivity contribution in [2.45, 2.75) is 101 Å². The van der Waals surface area contributed by atoms with Gasteiger partial charge in [-0.25, -0.2) is 24.2 Å². The number of methoxy groups -OCH3 is 2. The topological polar surface area (TPSA) is 317 Å². The predicted molar refractivity (Wildman–Crippen MR) is 308 cm³/mol. The van der Waals surface area contributed by atoms with Crippen LogP contribution in [-0.2, 0) is 35.2 Å². The quantitative estimate of drug-likeness (QED) is 0.0198. The Bertz CT molecular complexity index is 3110.